The van der Waals surface area contributed by atoms with E-state index in [4.69, 9.17) is 4.74 Å². The van der Waals surface area contributed by atoms with Crippen molar-refractivity contribution in [1.29, 1.82) is 0 Å². The average molecular weight is 247 g/mol. The SMILES string of the molecule is O=C(Oc1ccccn1)N1CCN2CCC1CC2. The van der Waals surface area contributed by atoms with Crippen LogP contribution in [0.25, 0.3) is 0 Å². The molecule has 0 aliphatic carbocycles. The fourth-order valence-electron chi connectivity index (χ4n) is 2.68. The van der Waals surface area contributed by atoms with Gasteiger partial charge in [-0.3, -0.25) is 0 Å². The summed E-state index contributed by atoms with van der Waals surface area (Å²) in [5.41, 5.74) is 0. The first-order valence-corrected chi connectivity index (χ1v) is 6.45. The van der Waals surface area contributed by atoms with Crippen molar-refractivity contribution in [1.82, 2.24) is 14.8 Å². The molecule has 0 saturated carbocycles. The highest BCUT2D eigenvalue weighted by molar-refractivity contribution is 5.70. The van der Waals surface area contributed by atoms with Crippen molar-refractivity contribution in [3.63, 3.8) is 0 Å². The standard InChI is InChI=1S/C13H17N3O2/c17-13(18-12-3-1-2-6-14-12)16-10-9-15-7-4-11(16)5-8-15/h1-3,6,11H,4-5,7-10H2. The van der Waals surface area contributed by atoms with Gasteiger partial charge < -0.3 is 14.5 Å². The van der Waals surface area contributed by atoms with E-state index < -0.39 is 0 Å². The summed E-state index contributed by atoms with van der Waals surface area (Å²) in [4.78, 5) is 20.4. The molecule has 0 aromatic carbocycles. The molecule has 5 nitrogen and oxygen atoms in total. The van der Waals surface area contributed by atoms with E-state index in [1.165, 1.54) is 0 Å². The van der Waals surface area contributed by atoms with Crippen LogP contribution in [0.2, 0.25) is 0 Å². The van der Waals surface area contributed by atoms with E-state index in [0.717, 1.165) is 39.0 Å². The number of ether oxygens (including phenoxy) is 1. The lowest BCUT2D eigenvalue weighted by molar-refractivity contribution is 0.129. The van der Waals surface area contributed by atoms with Crippen LogP contribution in [0.1, 0.15) is 12.8 Å². The lowest BCUT2D eigenvalue weighted by Crippen LogP contribution is -2.43. The second-order valence-corrected chi connectivity index (χ2v) is 4.80. The number of aromatic nitrogens is 1. The van der Waals surface area contributed by atoms with Crippen molar-refractivity contribution in [2.45, 2.75) is 18.9 Å². The van der Waals surface area contributed by atoms with Crippen LogP contribution in [-0.2, 0) is 0 Å². The molecule has 3 saturated heterocycles. The van der Waals surface area contributed by atoms with E-state index in [1.807, 2.05) is 11.0 Å². The molecule has 0 radical (unpaired) electrons. The molecule has 0 atom stereocenters. The normalized spacial score (nSPS) is 26.8. The fraction of sp³-hybridized carbons (Fsp3) is 0.538. The minimum Gasteiger partial charge on any atom is -0.391 e. The van der Waals surface area contributed by atoms with Crippen LogP contribution in [0.5, 0.6) is 5.88 Å². The lowest BCUT2D eigenvalue weighted by Gasteiger charge is -2.30. The zero-order valence-corrected chi connectivity index (χ0v) is 10.3. The third-order valence-corrected chi connectivity index (χ3v) is 3.72. The van der Waals surface area contributed by atoms with Crippen LogP contribution in [-0.4, -0.2) is 53.1 Å². The summed E-state index contributed by atoms with van der Waals surface area (Å²) in [6, 6.07) is 5.66. The van der Waals surface area contributed by atoms with Gasteiger partial charge in [0.1, 0.15) is 0 Å². The van der Waals surface area contributed by atoms with Gasteiger partial charge in [0.05, 0.1) is 0 Å². The molecular formula is C13H17N3O2. The summed E-state index contributed by atoms with van der Waals surface area (Å²) in [5, 5.41) is 0. The first kappa shape index (κ1) is 11.5. The van der Waals surface area contributed by atoms with Gasteiger partial charge in [0.15, 0.2) is 0 Å². The molecule has 5 heteroatoms. The third kappa shape index (κ3) is 2.31. The predicted molar refractivity (Wildman–Crippen MR) is 66.4 cm³/mol. The summed E-state index contributed by atoms with van der Waals surface area (Å²) >= 11 is 0. The lowest BCUT2D eigenvalue weighted by atomic mass is 10.1. The highest BCUT2D eigenvalue weighted by atomic mass is 16.6. The number of rotatable bonds is 1. The minimum atomic E-state index is -0.262. The highest BCUT2D eigenvalue weighted by Gasteiger charge is 2.32. The number of hydrogen-bond acceptors (Lipinski definition) is 4. The molecule has 96 valence electrons. The molecular weight excluding hydrogens is 230 g/mol. The number of fused-ring (bicyclic) bond motifs is 4. The summed E-state index contributed by atoms with van der Waals surface area (Å²) in [7, 11) is 0. The molecule has 4 heterocycles. The Labute approximate surface area is 106 Å². The van der Waals surface area contributed by atoms with Crippen molar-refractivity contribution in [2.24, 2.45) is 0 Å². The summed E-state index contributed by atoms with van der Waals surface area (Å²) < 4.78 is 5.32. The molecule has 0 unspecified atom stereocenters. The first-order valence-electron chi connectivity index (χ1n) is 6.45. The Morgan fingerprint density at radius 1 is 1.22 bits per heavy atom. The molecule has 0 spiro atoms. The van der Waals surface area contributed by atoms with Crippen LogP contribution in [0.4, 0.5) is 4.79 Å². The van der Waals surface area contributed by atoms with Gasteiger partial charge in [-0.05, 0) is 18.9 Å². The predicted octanol–water partition coefficient (Wildman–Crippen LogP) is 1.36. The van der Waals surface area contributed by atoms with Gasteiger partial charge in [-0.25, -0.2) is 9.78 Å². The average Bonchev–Trinajstić information content (AvgIpc) is 2.73. The molecule has 1 aromatic heterocycles. The number of carbonyl (C=O) groups is 1. The van der Waals surface area contributed by atoms with Crippen LogP contribution in [0, 0.1) is 0 Å². The van der Waals surface area contributed by atoms with E-state index in [9.17, 15) is 4.79 Å². The second kappa shape index (κ2) is 4.94. The topological polar surface area (TPSA) is 45.7 Å². The van der Waals surface area contributed by atoms with Crippen LogP contribution in [0.3, 0.4) is 0 Å². The van der Waals surface area contributed by atoms with Crippen molar-refractivity contribution in [2.75, 3.05) is 26.2 Å². The number of hydrogen-bond donors (Lipinski definition) is 0. The molecule has 18 heavy (non-hydrogen) atoms. The monoisotopic (exact) mass is 247 g/mol. The molecule has 0 N–H and O–H groups in total. The molecule has 2 bridgehead atoms. The zero-order valence-electron chi connectivity index (χ0n) is 10.3. The van der Waals surface area contributed by atoms with Crippen LogP contribution in [0.15, 0.2) is 24.4 Å². The van der Waals surface area contributed by atoms with Crippen molar-refractivity contribution < 1.29 is 9.53 Å². The van der Waals surface area contributed by atoms with Crippen molar-refractivity contribution in [3.8, 4) is 5.88 Å². The minimum absolute atomic E-state index is 0.262. The second-order valence-electron chi connectivity index (χ2n) is 4.80. The van der Waals surface area contributed by atoms with Gasteiger partial charge in [0.2, 0.25) is 5.88 Å². The van der Waals surface area contributed by atoms with E-state index >= 15 is 0 Å². The number of nitrogens with zero attached hydrogens (tertiary/aromatic N) is 3. The Kier molecular flexibility index (Phi) is 3.15. The van der Waals surface area contributed by atoms with Gasteiger partial charge in [-0.15, -0.1) is 0 Å². The molecule has 1 aromatic rings. The first-order chi connectivity index (χ1) is 8.83. The molecule has 3 aliphatic heterocycles. The van der Waals surface area contributed by atoms with E-state index in [2.05, 4.69) is 9.88 Å². The number of amides is 1. The Balaban J connectivity index is 1.68. The van der Waals surface area contributed by atoms with E-state index in [-0.39, 0.29) is 6.09 Å². The molecule has 4 rings (SSSR count). The summed E-state index contributed by atoms with van der Waals surface area (Å²) in [5.74, 6) is 0.376. The fourth-order valence-corrected chi connectivity index (χ4v) is 2.68. The van der Waals surface area contributed by atoms with Crippen LogP contribution >= 0.6 is 0 Å². The van der Waals surface area contributed by atoms with Gasteiger partial charge in [-0.2, -0.15) is 0 Å². The third-order valence-electron chi connectivity index (χ3n) is 3.72. The maximum atomic E-state index is 12.2. The van der Waals surface area contributed by atoms with Crippen molar-refractivity contribution in [3.05, 3.63) is 24.4 Å². The highest BCUT2D eigenvalue weighted by Crippen LogP contribution is 2.21. The number of pyridine rings is 1. The molecule has 3 aliphatic rings. The Morgan fingerprint density at radius 2 is 2.06 bits per heavy atom. The molecule has 3 fully saturated rings. The van der Waals surface area contributed by atoms with Crippen molar-refractivity contribution >= 4 is 6.09 Å². The van der Waals surface area contributed by atoms with Gasteiger partial charge in [0, 0.05) is 44.5 Å². The van der Waals surface area contributed by atoms with E-state index in [0.29, 0.717) is 11.9 Å². The maximum absolute atomic E-state index is 12.2. The van der Waals surface area contributed by atoms with Gasteiger partial charge in [-0.1, -0.05) is 6.07 Å². The van der Waals surface area contributed by atoms with E-state index in [1.54, 1.807) is 18.3 Å². The number of piperidine rings is 1. The number of carbonyl (C=O) groups excluding carboxylic acids is 1. The van der Waals surface area contributed by atoms with Gasteiger partial charge in [0.25, 0.3) is 0 Å². The largest absolute Gasteiger partial charge is 0.416 e. The summed E-state index contributed by atoms with van der Waals surface area (Å²) in [6.07, 6.45) is 3.47. The quantitative estimate of drug-likeness (QED) is 0.751. The Morgan fingerprint density at radius 3 is 2.78 bits per heavy atom. The Bertz CT molecular complexity index is 416. The maximum Gasteiger partial charge on any atom is 0.416 e. The molecule has 1 amide bonds. The zero-order chi connectivity index (χ0) is 12.4. The van der Waals surface area contributed by atoms with Crippen LogP contribution < -0.4 is 4.74 Å². The smallest absolute Gasteiger partial charge is 0.391 e. The van der Waals surface area contributed by atoms with Gasteiger partial charge >= 0.3 is 6.09 Å². The Hall–Kier alpha value is -1.62. The summed E-state index contributed by atoms with van der Waals surface area (Å²) in [6.45, 7) is 3.90.